The summed E-state index contributed by atoms with van der Waals surface area (Å²) >= 11 is 0. The maximum Gasteiger partial charge on any atom is 0.149 e. The molecule has 16 heavy (non-hydrogen) atoms. The summed E-state index contributed by atoms with van der Waals surface area (Å²) in [6.45, 7) is 6.67. The Morgan fingerprint density at radius 3 is 2.69 bits per heavy atom. The molecule has 0 spiro atoms. The van der Waals surface area contributed by atoms with Crippen LogP contribution in [0.2, 0.25) is 0 Å². The number of hydrogen-bond donors (Lipinski definition) is 2. The number of rotatable bonds is 1. The normalized spacial score (nSPS) is 19.8. The van der Waals surface area contributed by atoms with E-state index in [4.69, 9.17) is 11.5 Å². The second kappa shape index (κ2) is 3.85. The zero-order chi connectivity index (χ0) is 11.8. The highest BCUT2D eigenvalue weighted by molar-refractivity contribution is 5.62. The van der Waals surface area contributed by atoms with Crippen molar-refractivity contribution in [1.29, 1.82) is 0 Å². The maximum absolute atomic E-state index is 5.73. The van der Waals surface area contributed by atoms with Gasteiger partial charge >= 0.3 is 0 Å². The molecular formula is C12H20N4. The van der Waals surface area contributed by atoms with E-state index in [1.54, 1.807) is 0 Å². The summed E-state index contributed by atoms with van der Waals surface area (Å²) in [5.41, 5.74) is 12.3. The van der Waals surface area contributed by atoms with E-state index in [1.807, 2.05) is 12.1 Å². The van der Waals surface area contributed by atoms with Crippen LogP contribution in [0, 0.1) is 5.41 Å². The average molecular weight is 220 g/mol. The molecule has 0 radical (unpaired) electrons. The number of aromatic nitrogens is 1. The van der Waals surface area contributed by atoms with Crippen molar-refractivity contribution in [3.8, 4) is 0 Å². The first-order valence-corrected chi connectivity index (χ1v) is 5.75. The molecule has 0 saturated carbocycles. The van der Waals surface area contributed by atoms with Crippen LogP contribution in [0.3, 0.4) is 0 Å². The summed E-state index contributed by atoms with van der Waals surface area (Å²) in [7, 11) is 0. The molecule has 2 heterocycles. The smallest absolute Gasteiger partial charge is 0.149 e. The van der Waals surface area contributed by atoms with Crippen LogP contribution in [0.15, 0.2) is 12.1 Å². The molecule has 1 saturated heterocycles. The van der Waals surface area contributed by atoms with Gasteiger partial charge in [0.1, 0.15) is 11.6 Å². The van der Waals surface area contributed by atoms with Gasteiger partial charge in [-0.2, -0.15) is 0 Å². The van der Waals surface area contributed by atoms with E-state index >= 15 is 0 Å². The van der Waals surface area contributed by atoms with Crippen molar-refractivity contribution in [2.24, 2.45) is 5.41 Å². The lowest BCUT2D eigenvalue weighted by atomic mass is 9.84. The van der Waals surface area contributed by atoms with Gasteiger partial charge in [-0.25, -0.2) is 4.98 Å². The van der Waals surface area contributed by atoms with Crippen LogP contribution >= 0.6 is 0 Å². The Morgan fingerprint density at radius 1 is 1.31 bits per heavy atom. The minimum absolute atomic E-state index is 0.357. The molecule has 1 aromatic heterocycles. The largest absolute Gasteiger partial charge is 0.396 e. The Morgan fingerprint density at radius 2 is 2.06 bits per heavy atom. The molecule has 1 aliphatic rings. The first-order chi connectivity index (χ1) is 7.48. The topological polar surface area (TPSA) is 68.2 Å². The lowest BCUT2D eigenvalue weighted by molar-refractivity contribution is 0.292. The highest BCUT2D eigenvalue weighted by Crippen LogP contribution is 2.31. The van der Waals surface area contributed by atoms with Gasteiger partial charge in [0.05, 0.1) is 5.69 Å². The Balaban J connectivity index is 2.20. The van der Waals surface area contributed by atoms with E-state index < -0.39 is 0 Å². The van der Waals surface area contributed by atoms with Crippen LogP contribution in [0.5, 0.6) is 0 Å². The van der Waals surface area contributed by atoms with Crippen molar-refractivity contribution in [3.63, 3.8) is 0 Å². The van der Waals surface area contributed by atoms with Crippen LogP contribution < -0.4 is 16.4 Å². The van der Waals surface area contributed by atoms with Gasteiger partial charge in [-0.05, 0) is 30.4 Å². The SMILES string of the molecule is CC1(C)CCCN(c2ccc(N)c(N)n2)C1. The molecule has 0 atom stereocenters. The molecule has 0 bridgehead atoms. The monoisotopic (exact) mass is 220 g/mol. The van der Waals surface area contributed by atoms with E-state index in [2.05, 4.69) is 23.7 Å². The number of nitrogen functional groups attached to an aromatic ring is 2. The molecule has 88 valence electrons. The quantitative estimate of drug-likeness (QED) is 0.758. The predicted octanol–water partition coefficient (Wildman–Crippen LogP) is 1.87. The summed E-state index contributed by atoms with van der Waals surface area (Å²) in [5.74, 6) is 1.38. The minimum Gasteiger partial charge on any atom is -0.396 e. The molecule has 1 fully saturated rings. The Bertz CT molecular complexity index is 387. The molecule has 0 aromatic carbocycles. The highest BCUT2D eigenvalue weighted by atomic mass is 15.2. The summed E-state index contributed by atoms with van der Waals surface area (Å²) < 4.78 is 0. The van der Waals surface area contributed by atoms with Crippen molar-refractivity contribution < 1.29 is 0 Å². The van der Waals surface area contributed by atoms with Crippen molar-refractivity contribution >= 4 is 17.3 Å². The minimum atomic E-state index is 0.357. The number of anilines is 3. The third-order valence-electron chi connectivity index (χ3n) is 3.17. The fourth-order valence-electron chi connectivity index (χ4n) is 2.27. The van der Waals surface area contributed by atoms with Gasteiger partial charge in [-0.3, -0.25) is 0 Å². The second-order valence-corrected chi connectivity index (χ2v) is 5.33. The van der Waals surface area contributed by atoms with Gasteiger partial charge in [0.2, 0.25) is 0 Å². The van der Waals surface area contributed by atoms with Crippen molar-refractivity contribution in [2.45, 2.75) is 26.7 Å². The molecule has 1 aliphatic heterocycles. The number of nitrogens with zero attached hydrogens (tertiary/aromatic N) is 2. The summed E-state index contributed by atoms with van der Waals surface area (Å²) in [5, 5.41) is 0. The molecule has 4 N–H and O–H groups in total. The molecule has 4 nitrogen and oxygen atoms in total. The predicted molar refractivity (Wildman–Crippen MR) is 68.3 cm³/mol. The fourth-order valence-corrected chi connectivity index (χ4v) is 2.27. The van der Waals surface area contributed by atoms with Crippen molar-refractivity contribution in [1.82, 2.24) is 4.98 Å². The van der Waals surface area contributed by atoms with Crippen LogP contribution in [0.1, 0.15) is 26.7 Å². The van der Waals surface area contributed by atoms with Crippen LogP contribution in [0.4, 0.5) is 17.3 Å². The van der Waals surface area contributed by atoms with Crippen LogP contribution in [-0.4, -0.2) is 18.1 Å². The molecule has 0 amide bonds. The first kappa shape index (κ1) is 11.0. The van der Waals surface area contributed by atoms with Gasteiger partial charge < -0.3 is 16.4 Å². The Labute approximate surface area is 96.6 Å². The van der Waals surface area contributed by atoms with E-state index in [1.165, 1.54) is 12.8 Å². The highest BCUT2D eigenvalue weighted by Gasteiger charge is 2.27. The summed E-state index contributed by atoms with van der Waals surface area (Å²) in [4.78, 5) is 6.63. The van der Waals surface area contributed by atoms with E-state index in [-0.39, 0.29) is 0 Å². The Hall–Kier alpha value is -1.45. The Kier molecular flexibility index (Phi) is 2.66. The first-order valence-electron chi connectivity index (χ1n) is 5.75. The van der Waals surface area contributed by atoms with Crippen molar-refractivity contribution in [3.05, 3.63) is 12.1 Å². The van der Waals surface area contributed by atoms with Gasteiger partial charge in [-0.1, -0.05) is 13.8 Å². The summed E-state index contributed by atoms with van der Waals surface area (Å²) in [6.07, 6.45) is 2.48. The number of nitrogens with two attached hydrogens (primary N) is 2. The zero-order valence-corrected chi connectivity index (χ0v) is 10.0. The van der Waals surface area contributed by atoms with Gasteiger partial charge in [0.25, 0.3) is 0 Å². The van der Waals surface area contributed by atoms with E-state index in [9.17, 15) is 0 Å². The van der Waals surface area contributed by atoms with Crippen LogP contribution in [-0.2, 0) is 0 Å². The van der Waals surface area contributed by atoms with Gasteiger partial charge in [0.15, 0.2) is 0 Å². The number of hydrogen-bond acceptors (Lipinski definition) is 4. The number of piperidine rings is 1. The van der Waals surface area contributed by atoms with Crippen molar-refractivity contribution in [2.75, 3.05) is 29.5 Å². The molecule has 1 aromatic rings. The molecule has 0 unspecified atom stereocenters. The molecule has 2 rings (SSSR count). The lowest BCUT2D eigenvalue weighted by Crippen LogP contribution is -2.40. The standard InChI is InChI=1S/C12H20N4/c1-12(2)6-3-7-16(8-12)10-5-4-9(13)11(14)15-10/h4-5H,3,6-8,13H2,1-2H3,(H2,14,15). The molecular weight excluding hydrogens is 200 g/mol. The van der Waals surface area contributed by atoms with E-state index in [0.717, 1.165) is 18.9 Å². The third-order valence-corrected chi connectivity index (χ3v) is 3.17. The summed E-state index contributed by atoms with van der Waals surface area (Å²) in [6, 6.07) is 3.78. The lowest BCUT2D eigenvalue weighted by Gasteiger charge is -2.38. The number of pyridine rings is 1. The average Bonchev–Trinajstić information content (AvgIpc) is 2.20. The zero-order valence-electron chi connectivity index (χ0n) is 10.0. The van der Waals surface area contributed by atoms with E-state index in [0.29, 0.717) is 16.9 Å². The van der Waals surface area contributed by atoms with Crippen LogP contribution in [0.25, 0.3) is 0 Å². The fraction of sp³-hybridized carbons (Fsp3) is 0.583. The molecule has 0 aliphatic carbocycles. The second-order valence-electron chi connectivity index (χ2n) is 5.33. The third kappa shape index (κ3) is 2.21. The molecule has 4 heteroatoms. The van der Waals surface area contributed by atoms with Gasteiger partial charge in [-0.15, -0.1) is 0 Å². The maximum atomic E-state index is 5.73. The van der Waals surface area contributed by atoms with Gasteiger partial charge in [0, 0.05) is 13.1 Å².